The lowest BCUT2D eigenvalue weighted by Gasteiger charge is -2.34. The number of amides is 1. The van der Waals surface area contributed by atoms with Gasteiger partial charge in [0.05, 0.1) is 11.1 Å². The molecule has 8 nitrogen and oxygen atoms in total. The summed E-state index contributed by atoms with van der Waals surface area (Å²) in [5, 5.41) is 4.23. The Morgan fingerprint density at radius 1 is 1.00 bits per heavy atom. The highest BCUT2D eigenvalue weighted by atomic mass is 32.2. The van der Waals surface area contributed by atoms with Gasteiger partial charge in [0.25, 0.3) is 5.91 Å². The lowest BCUT2D eigenvalue weighted by atomic mass is 10.2. The van der Waals surface area contributed by atoms with Crippen LogP contribution in [0.4, 0.5) is 0 Å². The van der Waals surface area contributed by atoms with Gasteiger partial charge in [0, 0.05) is 45.6 Å². The van der Waals surface area contributed by atoms with Crippen LogP contribution in [0.2, 0.25) is 0 Å². The zero-order valence-electron chi connectivity index (χ0n) is 16.4. The van der Waals surface area contributed by atoms with E-state index in [9.17, 15) is 13.2 Å². The van der Waals surface area contributed by atoms with Crippen LogP contribution in [-0.2, 0) is 17.1 Å². The van der Waals surface area contributed by atoms with Crippen LogP contribution in [0.15, 0.2) is 59.9 Å². The first-order chi connectivity index (χ1) is 13.9. The fraction of sp³-hybridized carbons (Fsp3) is 0.300. The molecule has 9 heteroatoms. The van der Waals surface area contributed by atoms with Gasteiger partial charge in [-0.05, 0) is 31.2 Å². The molecular weight excluding hydrogens is 390 g/mol. The molecule has 1 saturated heterocycles. The molecule has 0 radical (unpaired) electrons. The van der Waals surface area contributed by atoms with E-state index in [1.807, 2.05) is 36.0 Å². The van der Waals surface area contributed by atoms with Crippen LogP contribution in [-0.4, -0.2) is 64.1 Å². The molecule has 1 fully saturated rings. The van der Waals surface area contributed by atoms with E-state index in [1.54, 1.807) is 47.1 Å². The number of sulfonamides is 1. The maximum atomic E-state index is 13.1. The van der Waals surface area contributed by atoms with E-state index in [4.69, 9.17) is 0 Å². The maximum absolute atomic E-state index is 13.1. The number of aryl methyl sites for hydroxylation is 2. The molecule has 1 aromatic carbocycles. The van der Waals surface area contributed by atoms with Crippen molar-refractivity contribution in [3.8, 4) is 5.82 Å². The molecule has 1 aliphatic heterocycles. The van der Waals surface area contributed by atoms with Crippen molar-refractivity contribution in [1.82, 2.24) is 23.6 Å². The minimum Gasteiger partial charge on any atom is -0.336 e. The summed E-state index contributed by atoms with van der Waals surface area (Å²) in [4.78, 5) is 15.1. The van der Waals surface area contributed by atoms with Crippen LogP contribution in [0, 0.1) is 6.92 Å². The summed E-state index contributed by atoms with van der Waals surface area (Å²) in [7, 11) is -1.77. The smallest absolute Gasteiger partial charge is 0.259 e. The summed E-state index contributed by atoms with van der Waals surface area (Å²) in [6, 6.07) is 10.6. The Morgan fingerprint density at radius 2 is 1.62 bits per heavy atom. The third-order valence-corrected chi connectivity index (χ3v) is 7.08. The Hall–Kier alpha value is -2.91. The van der Waals surface area contributed by atoms with Crippen molar-refractivity contribution in [1.29, 1.82) is 0 Å². The van der Waals surface area contributed by atoms with Crippen LogP contribution in [0.25, 0.3) is 5.82 Å². The summed E-state index contributed by atoms with van der Waals surface area (Å²) in [6.07, 6.45) is 5.28. The highest BCUT2D eigenvalue weighted by Crippen LogP contribution is 2.21. The number of rotatable bonds is 4. The largest absolute Gasteiger partial charge is 0.336 e. The van der Waals surface area contributed by atoms with Crippen LogP contribution in [0.1, 0.15) is 15.9 Å². The third-order valence-electron chi connectivity index (χ3n) is 5.17. The standard InChI is InChI=1S/C20H23N5O3S/c1-16-5-7-17(8-6-16)29(27,28)25-13-11-24(12-14-25)20(26)18-15-21-22(2)19(18)23-9-3-4-10-23/h3-10,15H,11-14H2,1-2H3. The second kappa shape index (κ2) is 7.49. The average molecular weight is 414 g/mol. The first kappa shape index (κ1) is 19.4. The summed E-state index contributed by atoms with van der Waals surface area (Å²) in [5.74, 6) is 0.545. The maximum Gasteiger partial charge on any atom is 0.259 e. The molecule has 0 bridgehead atoms. The van der Waals surface area contributed by atoms with Crippen molar-refractivity contribution in [2.75, 3.05) is 26.2 Å². The van der Waals surface area contributed by atoms with E-state index in [1.165, 1.54) is 4.31 Å². The molecular formula is C20H23N5O3S. The number of nitrogens with zero attached hydrogens (tertiary/aromatic N) is 5. The minimum absolute atomic E-state index is 0.144. The van der Waals surface area contributed by atoms with Gasteiger partial charge in [-0.3, -0.25) is 9.48 Å². The van der Waals surface area contributed by atoms with Crippen LogP contribution >= 0.6 is 0 Å². The predicted octanol–water partition coefficient (Wildman–Crippen LogP) is 1.67. The molecule has 0 saturated carbocycles. The molecule has 0 spiro atoms. The van der Waals surface area contributed by atoms with Gasteiger partial charge in [0.15, 0.2) is 0 Å². The number of carbonyl (C=O) groups is 1. The molecule has 4 rings (SSSR count). The second-order valence-corrected chi connectivity index (χ2v) is 9.04. The quantitative estimate of drug-likeness (QED) is 0.652. The van der Waals surface area contributed by atoms with E-state index in [0.29, 0.717) is 24.5 Å². The van der Waals surface area contributed by atoms with Gasteiger partial charge in [0.1, 0.15) is 11.4 Å². The SMILES string of the molecule is Cc1ccc(S(=O)(=O)N2CCN(C(=O)c3cnn(C)c3-n3cccc3)CC2)cc1. The zero-order valence-corrected chi connectivity index (χ0v) is 17.2. The number of aromatic nitrogens is 3. The van der Waals surface area contributed by atoms with E-state index in [2.05, 4.69) is 5.10 Å². The van der Waals surface area contributed by atoms with Gasteiger partial charge >= 0.3 is 0 Å². The molecule has 0 unspecified atom stereocenters. The van der Waals surface area contributed by atoms with E-state index >= 15 is 0 Å². The Balaban J connectivity index is 1.49. The summed E-state index contributed by atoms with van der Waals surface area (Å²) < 4.78 is 30.7. The van der Waals surface area contributed by atoms with Gasteiger partial charge in [-0.1, -0.05) is 17.7 Å². The third kappa shape index (κ3) is 3.58. The number of hydrogen-bond acceptors (Lipinski definition) is 4. The Kier molecular flexibility index (Phi) is 5.01. The Labute approximate surface area is 170 Å². The van der Waals surface area contributed by atoms with Crippen LogP contribution in [0.3, 0.4) is 0 Å². The van der Waals surface area contributed by atoms with Gasteiger partial charge in [-0.2, -0.15) is 9.40 Å². The molecule has 3 aromatic rings. The molecule has 2 aromatic heterocycles. The first-order valence-electron chi connectivity index (χ1n) is 9.39. The number of hydrogen-bond donors (Lipinski definition) is 0. The average Bonchev–Trinajstić information content (AvgIpc) is 3.37. The molecule has 3 heterocycles. The van der Waals surface area contributed by atoms with Gasteiger partial charge < -0.3 is 9.47 Å². The Bertz CT molecular complexity index is 1110. The fourth-order valence-corrected chi connectivity index (χ4v) is 4.95. The fourth-order valence-electron chi connectivity index (χ4n) is 3.53. The number of benzene rings is 1. The van der Waals surface area contributed by atoms with Crippen molar-refractivity contribution in [3.05, 3.63) is 66.1 Å². The topological polar surface area (TPSA) is 80.4 Å². The number of piperazine rings is 1. The molecule has 1 amide bonds. The second-order valence-electron chi connectivity index (χ2n) is 7.11. The van der Waals surface area contributed by atoms with Crippen molar-refractivity contribution in [2.24, 2.45) is 7.05 Å². The lowest BCUT2D eigenvalue weighted by molar-refractivity contribution is 0.0698. The normalized spacial score (nSPS) is 15.6. The predicted molar refractivity (Wildman–Crippen MR) is 108 cm³/mol. The summed E-state index contributed by atoms with van der Waals surface area (Å²) in [5.41, 5.74) is 1.51. The van der Waals surface area contributed by atoms with Crippen molar-refractivity contribution < 1.29 is 13.2 Å². The van der Waals surface area contributed by atoms with E-state index < -0.39 is 10.0 Å². The summed E-state index contributed by atoms with van der Waals surface area (Å²) >= 11 is 0. The highest BCUT2D eigenvalue weighted by molar-refractivity contribution is 7.89. The van der Waals surface area contributed by atoms with E-state index in [-0.39, 0.29) is 23.9 Å². The van der Waals surface area contributed by atoms with Crippen LogP contribution in [0.5, 0.6) is 0 Å². The molecule has 152 valence electrons. The van der Waals surface area contributed by atoms with Gasteiger partial charge in [0.2, 0.25) is 10.0 Å². The Morgan fingerprint density at radius 3 is 2.24 bits per heavy atom. The zero-order chi connectivity index (χ0) is 20.6. The molecule has 0 N–H and O–H groups in total. The van der Waals surface area contributed by atoms with Crippen molar-refractivity contribution >= 4 is 15.9 Å². The van der Waals surface area contributed by atoms with Crippen molar-refractivity contribution in [2.45, 2.75) is 11.8 Å². The van der Waals surface area contributed by atoms with Crippen molar-refractivity contribution in [3.63, 3.8) is 0 Å². The van der Waals surface area contributed by atoms with Crippen LogP contribution < -0.4 is 0 Å². The highest BCUT2D eigenvalue weighted by Gasteiger charge is 2.31. The summed E-state index contributed by atoms with van der Waals surface area (Å²) in [6.45, 7) is 3.12. The molecule has 29 heavy (non-hydrogen) atoms. The van der Waals surface area contributed by atoms with Gasteiger partial charge in [-0.15, -0.1) is 0 Å². The monoisotopic (exact) mass is 413 g/mol. The first-order valence-corrected chi connectivity index (χ1v) is 10.8. The lowest BCUT2D eigenvalue weighted by Crippen LogP contribution is -2.50. The molecule has 0 aliphatic carbocycles. The minimum atomic E-state index is -3.56. The van der Waals surface area contributed by atoms with E-state index in [0.717, 1.165) is 5.56 Å². The molecule has 1 aliphatic rings. The number of carbonyl (C=O) groups excluding carboxylic acids is 1. The molecule has 0 atom stereocenters. The van der Waals surface area contributed by atoms with Gasteiger partial charge in [-0.25, -0.2) is 8.42 Å².